The van der Waals surface area contributed by atoms with Crippen molar-refractivity contribution in [2.24, 2.45) is 15.7 Å². The number of nitrogens with one attached hydrogen (secondary N) is 3. The molecule has 0 saturated carbocycles. The number of likely N-dealkylation sites (tertiary alicyclic amines) is 1. The van der Waals surface area contributed by atoms with Crippen molar-refractivity contribution in [3.8, 4) is 11.8 Å². The predicted molar refractivity (Wildman–Crippen MR) is 172 cm³/mol. The zero-order valence-electron chi connectivity index (χ0n) is 25.2. The molecule has 0 radical (unpaired) electrons. The number of benzene rings is 2. The number of guanidine groups is 1. The van der Waals surface area contributed by atoms with Crippen LogP contribution in [0, 0.1) is 11.3 Å². The molecule has 1 atom stereocenters. The summed E-state index contributed by atoms with van der Waals surface area (Å²) in [5.41, 5.74) is 8.51. The maximum atomic E-state index is 12.6. The number of nitrogens with zero attached hydrogens (tertiary/aromatic N) is 7. The highest BCUT2D eigenvalue weighted by atomic mass is 16.5. The van der Waals surface area contributed by atoms with Gasteiger partial charge in [0.2, 0.25) is 11.8 Å². The number of hydrogen-bond donors (Lipinski definition) is 4. The number of H-pyrrole nitrogens is 2. The number of amidine groups is 1. The molecule has 4 heterocycles. The molecule has 1 amide bonds. The number of nitrogens with two attached hydrogens (primary N) is 1. The first-order valence-electron chi connectivity index (χ1n) is 15.0. The van der Waals surface area contributed by atoms with Crippen molar-refractivity contribution < 1.29 is 14.3 Å². The molecule has 15 nitrogen and oxygen atoms in total. The summed E-state index contributed by atoms with van der Waals surface area (Å²) in [5, 5.41) is 18.9. The molecular weight excluding hydrogens is 590 g/mol. The highest BCUT2D eigenvalue weighted by Gasteiger charge is 2.31. The largest absolute Gasteiger partial charge is 0.487 e. The topological polar surface area (TPSA) is 193 Å². The molecule has 238 valence electrons. The molecule has 15 heteroatoms. The Morgan fingerprint density at radius 3 is 2.61 bits per heavy atom. The van der Waals surface area contributed by atoms with Gasteiger partial charge < -0.3 is 30.3 Å². The maximum Gasteiger partial charge on any atom is 0.341 e. The van der Waals surface area contributed by atoms with Crippen LogP contribution in [0.15, 0.2) is 70.0 Å². The van der Waals surface area contributed by atoms with Gasteiger partial charge in [0.1, 0.15) is 23.8 Å². The molecule has 46 heavy (non-hydrogen) atoms. The summed E-state index contributed by atoms with van der Waals surface area (Å²) in [4.78, 5) is 41.3. The first-order chi connectivity index (χ1) is 22.4. The standard InChI is InChI=1S/C31H35N11O4/c1-2-34-30(35-22-4-6-23(7-5-22)40-11-13-41(14-12-40)24-18-45-19-24)36-27(33)20-3-8-26(21(15-20)16-32)46-25-9-10-42(17-25)29(43)28-37-31(44)39-38-28/h2-8,15,24-25H,1,9-14,17-19H2,(H3,33,34,35,36)(H2,37,38,39,44)/t25-/m1/s1. The van der Waals surface area contributed by atoms with Crippen LogP contribution in [0.25, 0.3) is 0 Å². The highest BCUT2D eigenvalue weighted by molar-refractivity contribution is 6.08. The lowest BCUT2D eigenvalue weighted by Gasteiger charge is -2.43. The monoisotopic (exact) mass is 625 g/mol. The zero-order valence-corrected chi connectivity index (χ0v) is 25.2. The molecular formula is C31H35N11O4. The molecule has 3 aromatic rings. The molecule has 3 aliphatic rings. The van der Waals surface area contributed by atoms with Crippen LogP contribution < -0.4 is 26.4 Å². The van der Waals surface area contributed by atoms with E-state index in [0.29, 0.717) is 30.3 Å². The van der Waals surface area contributed by atoms with Crippen molar-refractivity contribution in [3.63, 3.8) is 0 Å². The van der Waals surface area contributed by atoms with Crippen LogP contribution in [-0.2, 0) is 4.74 Å². The fraction of sp³-hybridized carbons (Fsp3) is 0.355. The van der Waals surface area contributed by atoms with E-state index in [1.807, 2.05) is 12.1 Å². The third-order valence-corrected chi connectivity index (χ3v) is 8.21. The second kappa shape index (κ2) is 13.7. The van der Waals surface area contributed by atoms with E-state index < -0.39 is 11.6 Å². The quantitative estimate of drug-likeness (QED) is 0.208. The molecule has 0 bridgehead atoms. The summed E-state index contributed by atoms with van der Waals surface area (Å²) in [6.45, 7) is 10.1. The summed E-state index contributed by atoms with van der Waals surface area (Å²) < 4.78 is 11.4. The summed E-state index contributed by atoms with van der Waals surface area (Å²) in [6, 6.07) is 15.7. The van der Waals surface area contributed by atoms with Gasteiger partial charge in [-0.15, -0.1) is 5.10 Å². The van der Waals surface area contributed by atoms with E-state index in [4.69, 9.17) is 15.2 Å². The van der Waals surface area contributed by atoms with Crippen molar-refractivity contribution >= 4 is 29.1 Å². The van der Waals surface area contributed by atoms with Crippen molar-refractivity contribution in [1.82, 2.24) is 25.0 Å². The Kier molecular flexibility index (Phi) is 9.08. The molecule has 0 spiro atoms. The Balaban J connectivity index is 1.07. The van der Waals surface area contributed by atoms with Crippen LogP contribution in [0.5, 0.6) is 5.75 Å². The molecule has 3 saturated heterocycles. The Bertz CT molecular complexity index is 1730. The van der Waals surface area contributed by atoms with E-state index in [2.05, 4.69) is 65.1 Å². The molecule has 6 rings (SSSR count). The number of amides is 1. The van der Waals surface area contributed by atoms with Gasteiger partial charge in [0, 0.05) is 62.3 Å². The summed E-state index contributed by atoms with van der Waals surface area (Å²) in [6.07, 6.45) is 1.59. The second-order valence-electron chi connectivity index (χ2n) is 11.1. The maximum absolute atomic E-state index is 12.6. The van der Waals surface area contributed by atoms with Crippen LogP contribution in [-0.4, -0.2) is 107 Å². The average molecular weight is 626 g/mol. The van der Waals surface area contributed by atoms with Gasteiger partial charge in [-0.25, -0.2) is 14.9 Å². The lowest BCUT2D eigenvalue weighted by Crippen LogP contribution is -2.56. The summed E-state index contributed by atoms with van der Waals surface area (Å²) >= 11 is 0. The van der Waals surface area contributed by atoms with E-state index in [9.17, 15) is 14.9 Å². The second-order valence-corrected chi connectivity index (χ2v) is 11.1. The molecule has 0 aliphatic carbocycles. The van der Waals surface area contributed by atoms with Gasteiger partial charge in [0.15, 0.2) is 0 Å². The number of aromatic amines is 2. The van der Waals surface area contributed by atoms with Crippen molar-refractivity contribution in [2.45, 2.75) is 18.6 Å². The van der Waals surface area contributed by atoms with Crippen LogP contribution in [0.2, 0.25) is 0 Å². The minimum atomic E-state index is -0.551. The van der Waals surface area contributed by atoms with E-state index >= 15 is 0 Å². The number of nitriles is 1. The van der Waals surface area contributed by atoms with Crippen molar-refractivity contribution in [1.29, 1.82) is 5.26 Å². The van der Waals surface area contributed by atoms with Gasteiger partial charge in [-0.05, 0) is 42.5 Å². The third kappa shape index (κ3) is 6.93. The Labute approximate surface area is 265 Å². The van der Waals surface area contributed by atoms with Crippen molar-refractivity contribution in [3.05, 3.63) is 82.7 Å². The number of ether oxygens (including phenoxy) is 2. The minimum absolute atomic E-state index is 0.0576. The minimum Gasteiger partial charge on any atom is -0.487 e. The number of carbonyl (C=O) groups excluding carboxylic acids is 1. The smallest absolute Gasteiger partial charge is 0.341 e. The normalized spacial score (nSPS) is 19.4. The van der Waals surface area contributed by atoms with Crippen LogP contribution in [0.3, 0.4) is 0 Å². The van der Waals surface area contributed by atoms with Gasteiger partial charge in [-0.2, -0.15) is 10.3 Å². The predicted octanol–water partition coefficient (Wildman–Crippen LogP) is 1.10. The van der Waals surface area contributed by atoms with E-state index in [0.717, 1.165) is 50.8 Å². The number of rotatable bonds is 8. The number of hydrogen-bond acceptors (Lipinski definition) is 9. The van der Waals surface area contributed by atoms with E-state index in [1.165, 1.54) is 11.1 Å². The van der Waals surface area contributed by atoms with Gasteiger partial charge >= 0.3 is 5.69 Å². The average Bonchev–Trinajstić information content (AvgIpc) is 3.70. The first-order valence-corrected chi connectivity index (χ1v) is 15.0. The number of carbonyl (C=O) groups is 1. The van der Waals surface area contributed by atoms with Gasteiger partial charge in [0.05, 0.1) is 31.4 Å². The molecule has 1 aromatic heterocycles. The third-order valence-electron chi connectivity index (χ3n) is 8.21. The number of piperazine rings is 1. The fourth-order valence-electron chi connectivity index (χ4n) is 5.61. The fourth-order valence-corrected chi connectivity index (χ4v) is 5.61. The zero-order chi connectivity index (χ0) is 32.0. The Morgan fingerprint density at radius 1 is 1.17 bits per heavy atom. The van der Waals surface area contributed by atoms with Crippen LogP contribution in [0.4, 0.5) is 11.4 Å². The van der Waals surface area contributed by atoms with Crippen LogP contribution >= 0.6 is 0 Å². The number of anilines is 2. The highest BCUT2D eigenvalue weighted by Crippen LogP contribution is 2.25. The molecule has 2 aromatic carbocycles. The Morgan fingerprint density at radius 2 is 1.96 bits per heavy atom. The summed E-state index contributed by atoms with van der Waals surface area (Å²) in [7, 11) is 0. The molecule has 0 unspecified atom stereocenters. The molecule has 3 aliphatic heterocycles. The molecule has 3 fully saturated rings. The molecule has 5 N–H and O–H groups in total. The van der Waals surface area contributed by atoms with E-state index in [-0.39, 0.29) is 35.8 Å². The SMILES string of the molecule is C=CN=C(N=C(N)c1ccc(O[C@@H]2CCN(C(=O)c3n[nH]c(=O)[nH]3)C2)c(C#N)c1)Nc1ccc(N2CCN(C3COC3)CC2)cc1. The number of aromatic nitrogens is 3. The Hall–Kier alpha value is -5.46. The van der Waals surface area contributed by atoms with Crippen LogP contribution in [0.1, 0.15) is 28.2 Å². The lowest BCUT2D eigenvalue weighted by atomic mass is 10.1. The van der Waals surface area contributed by atoms with Gasteiger partial charge in [0.25, 0.3) is 5.91 Å². The lowest BCUT2D eigenvalue weighted by molar-refractivity contribution is -0.0660. The van der Waals surface area contributed by atoms with Crippen molar-refractivity contribution in [2.75, 3.05) is 62.7 Å². The number of aliphatic imine (C=N–C) groups is 2. The van der Waals surface area contributed by atoms with Gasteiger partial charge in [-0.3, -0.25) is 14.7 Å². The first kappa shape index (κ1) is 30.6. The van der Waals surface area contributed by atoms with Gasteiger partial charge in [-0.1, -0.05) is 6.58 Å². The van der Waals surface area contributed by atoms with E-state index in [1.54, 1.807) is 18.2 Å². The summed E-state index contributed by atoms with van der Waals surface area (Å²) in [5.74, 6) is 0.290.